The van der Waals surface area contributed by atoms with Crippen LogP contribution in [0.5, 0.6) is 5.75 Å². The Balaban J connectivity index is 1.71. The Morgan fingerprint density at radius 1 is 1.03 bits per heavy atom. The zero-order valence-corrected chi connectivity index (χ0v) is 17.8. The average molecular weight is 402 g/mol. The van der Waals surface area contributed by atoms with Crippen molar-refractivity contribution < 1.29 is 14.4 Å². The number of methoxy groups -OCH3 is 1. The molecule has 0 atom stereocenters. The second kappa shape index (κ2) is 7.82. The number of hydrogen-bond acceptors (Lipinski definition) is 4. The summed E-state index contributed by atoms with van der Waals surface area (Å²) in [6, 6.07) is 19.4. The van der Waals surface area contributed by atoms with Crippen LogP contribution in [0.4, 0.5) is 0 Å². The number of carbonyl (C=O) groups excluding carboxylic acids is 1. The van der Waals surface area contributed by atoms with Gasteiger partial charge in [0.25, 0.3) is 0 Å². The van der Waals surface area contributed by atoms with E-state index in [1.54, 1.807) is 18.2 Å². The summed E-state index contributed by atoms with van der Waals surface area (Å²) in [6.45, 7) is 6.52. The summed E-state index contributed by atoms with van der Waals surface area (Å²) in [4.78, 5) is 18.0. The highest BCUT2D eigenvalue weighted by atomic mass is 16.7. The minimum absolute atomic E-state index is 0.00000154. The van der Waals surface area contributed by atoms with Crippen molar-refractivity contribution in [3.8, 4) is 11.4 Å². The molecule has 0 radical (unpaired) electrons. The zero-order chi connectivity index (χ0) is 21.3. The van der Waals surface area contributed by atoms with E-state index >= 15 is 0 Å². The summed E-state index contributed by atoms with van der Waals surface area (Å²) in [7, 11) is 1.53. The lowest BCUT2D eigenvalue weighted by molar-refractivity contribution is 0.0510. The molecule has 0 unspecified atom stereocenters. The number of rotatable bonds is 4. The van der Waals surface area contributed by atoms with Crippen molar-refractivity contribution in [3.05, 3.63) is 83.2 Å². The van der Waals surface area contributed by atoms with E-state index in [9.17, 15) is 4.79 Å². The van der Waals surface area contributed by atoms with Crippen LogP contribution in [0.15, 0.2) is 65.8 Å². The molecule has 5 nitrogen and oxygen atoms in total. The molecule has 1 aliphatic carbocycles. The number of aromatic nitrogens is 1. The van der Waals surface area contributed by atoms with Crippen LogP contribution in [0.2, 0.25) is 0 Å². The number of hydrogen-bond donors (Lipinski definition) is 0. The number of oxime groups is 1. The van der Waals surface area contributed by atoms with Gasteiger partial charge in [-0.3, -0.25) is 0 Å². The van der Waals surface area contributed by atoms with Crippen molar-refractivity contribution in [1.29, 1.82) is 0 Å². The Kier molecular flexibility index (Phi) is 5.20. The van der Waals surface area contributed by atoms with Crippen LogP contribution in [0, 0.1) is 12.3 Å². The summed E-state index contributed by atoms with van der Waals surface area (Å²) in [5.41, 5.74) is 5.65. The van der Waals surface area contributed by atoms with Gasteiger partial charge in [-0.1, -0.05) is 49.3 Å². The monoisotopic (exact) mass is 402 g/mol. The Labute approximate surface area is 176 Å². The molecule has 2 aromatic carbocycles. The molecule has 5 heteroatoms. The smallest absolute Gasteiger partial charge is 0.369 e. The molecule has 154 valence electrons. The molecule has 0 saturated heterocycles. The predicted octanol–water partition coefficient (Wildman–Crippen LogP) is 5.33. The van der Waals surface area contributed by atoms with Gasteiger partial charge in [-0.05, 0) is 55.5 Å². The molecule has 0 N–H and O–H groups in total. The van der Waals surface area contributed by atoms with Crippen LogP contribution in [-0.2, 0) is 11.3 Å². The quantitative estimate of drug-likeness (QED) is 0.438. The molecule has 0 amide bonds. The van der Waals surface area contributed by atoms with Crippen molar-refractivity contribution in [1.82, 2.24) is 4.57 Å². The zero-order valence-electron chi connectivity index (χ0n) is 17.8. The van der Waals surface area contributed by atoms with Gasteiger partial charge in [-0.15, -0.1) is 0 Å². The highest BCUT2D eigenvalue weighted by Crippen LogP contribution is 2.38. The first-order valence-corrected chi connectivity index (χ1v) is 10.1. The third-order valence-electron chi connectivity index (χ3n) is 5.47. The van der Waals surface area contributed by atoms with Crippen LogP contribution in [0.25, 0.3) is 5.69 Å². The number of para-hydroxylation sites is 2. The molecule has 0 saturated carbocycles. The van der Waals surface area contributed by atoms with Crippen molar-refractivity contribution in [2.45, 2.75) is 33.6 Å². The van der Waals surface area contributed by atoms with E-state index < -0.39 is 5.97 Å². The maximum atomic E-state index is 12.6. The topological polar surface area (TPSA) is 52.8 Å². The summed E-state index contributed by atoms with van der Waals surface area (Å²) in [5, 5.41) is 4.32. The van der Waals surface area contributed by atoms with Gasteiger partial charge >= 0.3 is 5.97 Å². The maximum absolute atomic E-state index is 12.6. The van der Waals surface area contributed by atoms with Crippen LogP contribution in [0.3, 0.4) is 0 Å². The van der Waals surface area contributed by atoms with Crippen LogP contribution >= 0.6 is 0 Å². The summed E-state index contributed by atoms with van der Waals surface area (Å²) in [5.74, 6) is -0.0532. The van der Waals surface area contributed by atoms with Crippen LogP contribution in [-0.4, -0.2) is 23.4 Å². The Morgan fingerprint density at radius 3 is 2.47 bits per heavy atom. The fraction of sp³-hybridized carbons (Fsp3) is 0.280. The first kappa shape index (κ1) is 20.0. The number of carbonyl (C=O) groups is 1. The molecule has 4 rings (SSSR count). The molecule has 1 heterocycles. The number of nitrogens with zero attached hydrogens (tertiary/aromatic N) is 2. The Hall–Kier alpha value is -3.34. The molecule has 1 aliphatic rings. The van der Waals surface area contributed by atoms with E-state index in [0.717, 1.165) is 35.5 Å². The number of ether oxygens (including phenoxy) is 1. The highest BCUT2D eigenvalue weighted by molar-refractivity contribution is 6.04. The van der Waals surface area contributed by atoms with Crippen LogP contribution < -0.4 is 4.74 Å². The van der Waals surface area contributed by atoms with E-state index in [2.05, 4.69) is 48.7 Å². The van der Waals surface area contributed by atoms with Gasteiger partial charge in [-0.2, -0.15) is 0 Å². The van der Waals surface area contributed by atoms with E-state index in [1.807, 2.05) is 24.3 Å². The number of fused-ring (bicyclic) bond motifs is 1. The molecule has 0 fully saturated rings. The van der Waals surface area contributed by atoms with Gasteiger partial charge in [0.15, 0.2) is 0 Å². The van der Waals surface area contributed by atoms with Crippen molar-refractivity contribution in [2.24, 2.45) is 10.6 Å². The van der Waals surface area contributed by atoms with Crippen molar-refractivity contribution in [3.63, 3.8) is 0 Å². The van der Waals surface area contributed by atoms with Gasteiger partial charge in [0.1, 0.15) is 11.3 Å². The first-order chi connectivity index (χ1) is 14.4. The largest absolute Gasteiger partial charge is 0.496 e. The number of aryl methyl sites for hydroxylation is 1. The molecule has 0 aliphatic heterocycles. The minimum atomic E-state index is -0.524. The Bertz CT molecular complexity index is 1110. The third-order valence-corrected chi connectivity index (χ3v) is 5.47. The van der Waals surface area contributed by atoms with Gasteiger partial charge in [0.2, 0.25) is 0 Å². The molecule has 1 aromatic heterocycles. The molecule has 30 heavy (non-hydrogen) atoms. The predicted molar refractivity (Wildman–Crippen MR) is 118 cm³/mol. The van der Waals surface area contributed by atoms with Crippen molar-refractivity contribution in [2.75, 3.05) is 7.11 Å². The molecule has 0 spiro atoms. The van der Waals surface area contributed by atoms with E-state index in [-0.39, 0.29) is 5.41 Å². The average Bonchev–Trinajstić information content (AvgIpc) is 3.07. The Morgan fingerprint density at radius 2 is 1.73 bits per heavy atom. The summed E-state index contributed by atoms with van der Waals surface area (Å²) >= 11 is 0. The second-order valence-corrected chi connectivity index (χ2v) is 8.45. The maximum Gasteiger partial charge on any atom is 0.369 e. The summed E-state index contributed by atoms with van der Waals surface area (Å²) in [6.07, 6.45) is 1.65. The lowest BCUT2D eigenvalue weighted by atomic mass is 9.76. The fourth-order valence-corrected chi connectivity index (χ4v) is 4.16. The molecule has 3 aromatic rings. The van der Waals surface area contributed by atoms with Gasteiger partial charge < -0.3 is 14.1 Å². The number of benzene rings is 2. The fourth-order valence-electron chi connectivity index (χ4n) is 4.16. The normalized spacial score (nSPS) is 16.2. The molecular weight excluding hydrogens is 376 g/mol. The van der Waals surface area contributed by atoms with Gasteiger partial charge in [0, 0.05) is 22.6 Å². The van der Waals surface area contributed by atoms with Crippen molar-refractivity contribution >= 4 is 11.7 Å². The lowest BCUT2D eigenvalue weighted by Crippen LogP contribution is -2.28. The van der Waals surface area contributed by atoms with E-state index in [1.165, 1.54) is 12.8 Å². The standard InChI is InChI=1S/C25H26N2O3/c1-17-14-20-21(26-30-24(28)19-12-8-9-13-23(19)29-4)15-25(2,3)16-22(20)27(17)18-10-6-5-7-11-18/h5-14H,15-16H2,1-4H3/b26-21+. The SMILES string of the molecule is COc1ccccc1C(=O)O/N=C1\CC(C)(C)Cc2c1cc(C)n2-c1ccccc1. The third kappa shape index (κ3) is 3.75. The van der Waals surface area contributed by atoms with E-state index in [0.29, 0.717) is 11.3 Å². The van der Waals surface area contributed by atoms with Crippen LogP contribution in [0.1, 0.15) is 47.6 Å². The molecule has 0 bridgehead atoms. The minimum Gasteiger partial charge on any atom is -0.496 e. The second-order valence-electron chi connectivity index (χ2n) is 8.45. The van der Waals surface area contributed by atoms with E-state index in [4.69, 9.17) is 9.57 Å². The first-order valence-electron chi connectivity index (χ1n) is 10.1. The lowest BCUT2D eigenvalue weighted by Gasteiger charge is -2.31. The summed E-state index contributed by atoms with van der Waals surface area (Å²) < 4.78 is 7.53. The highest BCUT2D eigenvalue weighted by Gasteiger charge is 2.33. The van der Waals surface area contributed by atoms with Gasteiger partial charge in [0.05, 0.1) is 12.8 Å². The van der Waals surface area contributed by atoms with Gasteiger partial charge in [-0.25, -0.2) is 4.79 Å². The molecular formula is C25H26N2O3.